The van der Waals surface area contributed by atoms with Gasteiger partial charge in [0.1, 0.15) is 11.5 Å². The van der Waals surface area contributed by atoms with E-state index in [1.807, 2.05) is 190 Å². The number of pyridine rings is 6. The number of carbonyl (C=O) groups excluding carboxylic acids is 1. The molecule has 12 aromatic rings. The van der Waals surface area contributed by atoms with Gasteiger partial charge in [-0.3, -0.25) is 34.7 Å². The van der Waals surface area contributed by atoms with Crippen LogP contribution >= 0.6 is 12.2 Å². The number of fused-ring (bicyclic) bond motifs is 3. The zero-order valence-electron chi connectivity index (χ0n) is 44.3. The number of amides is 1. The molecule has 398 valence electrons. The molecule has 14 rings (SSSR count). The van der Waals surface area contributed by atoms with Crippen LogP contribution in [0.5, 0.6) is 11.5 Å². The molecule has 0 saturated heterocycles. The summed E-state index contributed by atoms with van der Waals surface area (Å²) in [6, 6.07) is 58.1. The number of benzene rings is 4. The van der Waals surface area contributed by atoms with Crippen LogP contribution in [0, 0.1) is 13.8 Å². The van der Waals surface area contributed by atoms with Crippen molar-refractivity contribution in [3.05, 3.63) is 241 Å². The molecular formula is C65H49N13O3S. The minimum absolute atomic E-state index is 0.212. The van der Waals surface area contributed by atoms with Gasteiger partial charge in [0.2, 0.25) is 12.7 Å². The van der Waals surface area contributed by atoms with E-state index < -0.39 is 5.91 Å². The Kier molecular flexibility index (Phi) is 14.7. The molecule has 0 fully saturated rings. The average Bonchev–Trinajstić information content (AvgIpc) is 4.57. The Hall–Kier alpha value is -10.9. The number of allylic oxidation sites excluding steroid dienone is 1. The lowest BCUT2D eigenvalue weighted by atomic mass is 10.0. The highest BCUT2D eigenvalue weighted by Crippen LogP contribution is 2.40. The van der Waals surface area contributed by atoms with Gasteiger partial charge in [-0.1, -0.05) is 72.8 Å². The van der Waals surface area contributed by atoms with Crippen LogP contribution in [0.2, 0.25) is 0 Å². The molecule has 2 aliphatic heterocycles. The molecular weight excluding hydrogens is 1040 g/mol. The molecule has 0 aliphatic carbocycles. The van der Waals surface area contributed by atoms with E-state index in [4.69, 9.17) is 47.5 Å². The number of rotatable bonds is 9. The second-order valence-corrected chi connectivity index (χ2v) is 19.3. The Morgan fingerprint density at radius 1 is 0.598 bits per heavy atom. The number of aliphatic imine (C=N–C) groups is 1. The molecule has 82 heavy (non-hydrogen) atoms. The number of nitrogens with zero attached hydrogens (tertiary/aromatic N) is 10. The van der Waals surface area contributed by atoms with Gasteiger partial charge in [0.25, 0.3) is 0 Å². The number of nitrogens with two attached hydrogens (primary N) is 1. The number of primary amides is 1. The minimum Gasteiger partial charge on any atom is -0.454 e. The lowest BCUT2D eigenvalue weighted by Gasteiger charge is -2.08. The predicted molar refractivity (Wildman–Crippen MR) is 324 cm³/mol. The number of ether oxygens (including phenoxy) is 2. The molecule has 16 nitrogen and oxygen atoms in total. The normalized spacial score (nSPS) is 12.2. The maximum atomic E-state index is 11.3. The number of imidazole rings is 1. The van der Waals surface area contributed by atoms with E-state index in [0.717, 1.165) is 112 Å². The van der Waals surface area contributed by atoms with Gasteiger partial charge < -0.3 is 25.5 Å². The number of aromatic amines is 1. The lowest BCUT2D eigenvalue weighted by Crippen LogP contribution is -2.19. The topological polar surface area (TPSA) is 210 Å². The fraction of sp³-hybridized carbons (Fsp3) is 0.0615. The molecule has 0 saturated carbocycles. The van der Waals surface area contributed by atoms with Gasteiger partial charge >= 0.3 is 0 Å². The maximum absolute atomic E-state index is 11.3. The van der Waals surface area contributed by atoms with Gasteiger partial charge in [-0.15, -0.1) is 0 Å². The number of carbonyl (C=O) groups is 1. The van der Waals surface area contributed by atoms with Gasteiger partial charge in [-0.05, 0) is 147 Å². The Bertz CT molecular complexity index is 4400. The second kappa shape index (κ2) is 23.2. The molecule has 8 aromatic heterocycles. The highest BCUT2D eigenvalue weighted by Gasteiger charge is 2.23. The standard InChI is InChI=1S/C25H19N5S.C22H16N4O3.C18H14N4/c1-17-8-7-13-23(27-17)24-21(19-14-15-26-22-12-6-5-11-20(19)22)16-30(29-24)25(31)28-18-9-3-2-4-10-18;23-21(27)13-4-6-14(7-5-13)22-25-19(20(26-22)16-3-1-2-10-24-16)15-8-9-17-18(11-15)29-12-28-17;1-12-4-2-5-17(21-12)18-13(9-11-20-18)14-7-8-15-16(22-14)6-3-10-19-15/h2-16H,1H3,(H,28,31);1-11H,12H2,(H2,23,27)(H,25,26);2-10H,11H2,1H3. The summed E-state index contributed by atoms with van der Waals surface area (Å²) in [5.41, 5.74) is 22.7. The van der Waals surface area contributed by atoms with Crippen molar-refractivity contribution in [2.24, 2.45) is 10.7 Å². The third-order valence-electron chi connectivity index (χ3n) is 13.4. The van der Waals surface area contributed by atoms with Crippen LogP contribution in [0.3, 0.4) is 0 Å². The minimum atomic E-state index is -0.466. The van der Waals surface area contributed by atoms with Crippen molar-refractivity contribution in [2.45, 2.75) is 13.8 Å². The monoisotopic (exact) mass is 1090 g/mol. The summed E-state index contributed by atoms with van der Waals surface area (Å²) < 4.78 is 12.6. The molecule has 0 bridgehead atoms. The fourth-order valence-corrected chi connectivity index (χ4v) is 9.67. The summed E-state index contributed by atoms with van der Waals surface area (Å²) in [7, 11) is 0. The Morgan fingerprint density at radius 3 is 2.12 bits per heavy atom. The zero-order valence-corrected chi connectivity index (χ0v) is 45.1. The molecule has 0 unspecified atom stereocenters. The lowest BCUT2D eigenvalue weighted by molar-refractivity contribution is 0.1000. The molecule has 0 spiro atoms. The molecule has 4 aromatic carbocycles. The number of hydrogen-bond donors (Lipinski definition) is 3. The molecule has 10 heterocycles. The number of hydrogen-bond acceptors (Lipinski definition) is 13. The first-order valence-electron chi connectivity index (χ1n) is 26.2. The molecule has 0 radical (unpaired) electrons. The first-order valence-corrected chi connectivity index (χ1v) is 26.6. The highest BCUT2D eigenvalue weighted by atomic mass is 32.1. The van der Waals surface area contributed by atoms with Crippen molar-refractivity contribution >= 4 is 62.1 Å². The van der Waals surface area contributed by atoms with Gasteiger partial charge in [-0.25, -0.2) is 14.6 Å². The van der Waals surface area contributed by atoms with Gasteiger partial charge in [0, 0.05) is 75.1 Å². The van der Waals surface area contributed by atoms with Crippen LogP contribution in [0.1, 0.15) is 33.1 Å². The summed E-state index contributed by atoms with van der Waals surface area (Å²) >= 11 is 5.65. The molecule has 17 heteroatoms. The quantitative estimate of drug-likeness (QED) is 0.115. The summed E-state index contributed by atoms with van der Waals surface area (Å²) in [5, 5.41) is 9.63. The van der Waals surface area contributed by atoms with E-state index in [-0.39, 0.29) is 6.79 Å². The van der Waals surface area contributed by atoms with Crippen LogP contribution in [0.4, 0.5) is 5.69 Å². The van der Waals surface area contributed by atoms with Crippen molar-refractivity contribution in [3.63, 3.8) is 0 Å². The Morgan fingerprint density at radius 2 is 1.32 bits per heavy atom. The number of H-pyrrole nitrogens is 1. The Balaban J connectivity index is 0.000000123. The molecule has 2 aliphatic rings. The smallest absolute Gasteiger partial charge is 0.248 e. The average molecular weight is 1090 g/mol. The predicted octanol–water partition coefficient (Wildman–Crippen LogP) is 12.6. The van der Waals surface area contributed by atoms with E-state index in [2.05, 4.69) is 47.4 Å². The van der Waals surface area contributed by atoms with Crippen LogP contribution in [0.25, 0.3) is 84.1 Å². The van der Waals surface area contributed by atoms with E-state index in [9.17, 15) is 4.79 Å². The second-order valence-electron chi connectivity index (χ2n) is 18.9. The van der Waals surface area contributed by atoms with E-state index >= 15 is 0 Å². The van der Waals surface area contributed by atoms with Crippen LogP contribution in [-0.2, 0) is 0 Å². The third-order valence-corrected chi connectivity index (χ3v) is 13.7. The Labute approximate surface area is 476 Å². The van der Waals surface area contributed by atoms with Crippen LogP contribution in [0.15, 0.2) is 218 Å². The van der Waals surface area contributed by atoms with E-state index in [1.54, 1.807) is 29.2 Å². The number of para-hydroxylation sites is 2. The number of thiocarbonyl (C=S) groups is 1. The number of nitrogens with one attached hydrogen (secondary N) is 2. The summed E-state index contributed by atoms with van der Waals surface area (Å²) in [6.07, 6.45) is 9.40. The van der Waals surface area contributed by atoms with Gasteiger partial charge in [-0.2, -0.15) is 5.10 Å². The van der Waals surface area contributed by atoms with Crippen molar-refractivity contribution in [2.75, 3.05) is 18.7 Å². The molecule has 4 N–H and O–H groups in total. The van der Waals surface area contributed by atoms with Crippen LogP contribution < -0.4 is 20.5 Å². The SMILES string of the molecule is Cc1cccc(-c2nn(C(=S)Nc3ccccc3)cc2-c2ccnc3ccccc23)n1.Cc1cccc(C2=NCC=C2c2ccc3ncccc3n2)n1.NC(=O)c1ccc(-c2nc(-c3ccc4c(c3)OCO4)c(-c3ccccn3)[nH]2)cc1. The van der Waals surface area contributed by atoms with E-state index in [1.165, 1.54) is 0 Å². The largest absolute Gasteiger partial charge is 0.454 e. The molecule has 0 atom stereocenters. The fourth-order valence-electron chi connectivity index (χ4n) is 9.46. The number of anilines is 1. The highest BCUT2D eigenvalue weighted by molar-refractivity contribution is 7.80. The third kappa shape index (κ3) is 11.2. The zero-order chi connectivity index (χ0) is 55.9. The van der Waals surface area contributed by atoms with Crippen LogP contribution in [-0.4, -0.2) is 79.7 Å². The van der Waals surface area contributed by atoms with Gasteiger partial charge in [0.05, 0.1) is 63.0 Å². The van der Waals surface area contributed by atoms with Crippen molar-refractivity contribution in [3.8, 4) is 68.0 Å². The number of aryl methyl sites for hydroxylation is 2. The van der Waals surface area contributed by atoms with Crippen molar-refractivity contribution in [1.82, 2.24) is 49.7 Å². The van der Waals surface area contributed by atoms with Gasteiger partial charge in [0.15, 0.2) is 16.6 Å². The van der Waals surface area contributed by atoms with Crippen molar-refractivity contribution < 1.29 is 14.3 Å². The van der Waals surface area contributed by atoms with Crippen molar-refractivity contribution in [1.29, 1.82) is 0 Å². The van der Waals surface area contributed by atoms with E-state index in [0.29, 0.717) is 34.5 Å². The first kappa shape index (κ1) is 51.8. The summed E-state index contributed by atoms with van der Waals surface area (Å²) in [5.74, 6) is 1.59. The summed E-state index contributed by atoms with van der Waals surface area (Å²) in [6.45, 7) is 4.85. The first-order chi connectivity index (χ1) is 40.2. The maximum Gasteiger partial charge on any atom is 0.248 e. The molecule has 1 amide bonds. The summed E-state index contributed by atoms with van der Waals surface area (Å²) in [4.78, 5) is 51.4. The number of aromatic nitrogens is 10.